The standard InChI is InChI=1S/C17H13NO5/c1-10-3-5-14(11(2)7-10)15-9-12(17(19)23-15)8-13-4-6-16(22-13)18(20)21/h3-9H,1-2H3. The van der Waals surface area contributed by atoms with Crippen molar-refractivity contribution < 1.29 is 18.9 Å². The maximum atomic E-state index is 12.0. The summed E-state index contributed by atoms with van der Waals surface area (Å²) in [5, 5.41) is 10.6. The summed E-state index contributed by atoms with van der Waals surface area (Å²) in [6, 6.07) is 8.50. The highest BCUT2D eigenvalue weighted by atomic mass is 16.6. The lowest BCUT2D eigenvalue weighted by molar-refractivity contribution is -0.402. The number of hydrogen-bond acceptors (Lipinski definition) is 5. The predicted octanol–water partition coefficient (Wildman–Crippen LogP) is 3.79. The van der Waals surface area contributed by atoms with Crippen LogP contribution in [0.2, 0.25) is 0 Å². The molecule has 0 spiro atoms. The van der Waals surface area contributed by atoms with Crippen molar-refractivity contribution in [3.8, 4) is 0 Å². The highest BCUT2D eigenvalue weighted by Crippen LogP contribution is 2.30. The number of ether oxygens (including phenoxy) is 1. The van der Waals surface area contributed by atoms with Crippen molar-refractivity contribution in [3.63, 3.8) is 0 Å². The van der Waals surface area contributed by atoms with Crippen molar-refractivity contribution in [1.29, 1.82) is 0 Å². The number of esters is 1. The van der Waals surface area contributed by atoms with Crippen molar-refractivity contribution in [3.05, 3.63) is 74.5 Å². The third-order valence-corrected chi connectivity index (χ3v) is 3.46. The first-order valence-electron chi connectivity index (χ1n) is 6.91. The quantitative estimate of drug-likeness (QED) is 0.373. The van der Waals surface area contributed by atoms with Crippen LogP contribution in [-0.4, -0.2) is 10.9 Å². The zero-order chi connectivity index (χ0) is 16.6. The lowest BCUT2D eigenvalue weighted by Gasteiger charge is -2.06. The van der Waals surface area contributed by atoms with E-state index in [1.165, 1.54) is 18.2 Å². The Morgan fingerprint density at radius 1 is 1.17 bits per heavy atom. The predicted molar refractivity (Wildman–Crippen MR) is 83.3 cm³/mol. The van der Waals surface area contributed by atoms with Gasteiger partial charge in [0.1, 0.15) is 16.4 Å². The van der Waals surface area contributed by atoms with Gasteiger partial charge in [0.05, 0.1) is 11.6 Å². The van der Waals surface area contributed by atoms with Gasteiger partial charge in [0.25, 0.3) is 0 Å². The summed E-state index contributed by atoms with van der Waals surface area (Å²) in [6.07, 6.45) is 3.03. The fourth-order valence-electron chi connectivity index (χ4n) is 2.38. The number of nitrogens with zero attached hydrogens (tertiary/aromatic N) is 1. The average Bonchev–Trinajstić information content (AvgIpc) is 3.07. The third kappa shape index (κ3) is 2.91. The number of rotatable bonds is 3. The van der Waals surface area contributed by atoms with Gasteiger partial charge in [-0.1, -0.05) is 23.8 Å². The fourth-order valence-corrected chi connectivity index (χ4v) is 2.38. The number of furan rings is 1. The molecule has 0 fully saturated rings. The maximum absolute atomic E-state index is 12.0. The van der Waals surface area contributed by atoms with E-state index in [2.05, 4.69) is 0 Å². The molecule has 1 aromatic heterocycles. The molecule has 0 saturated heterocycles. The number of cyclic esters (lactones) is 1. The molecule has 0 N–H and O–H groups in total. The Morgan fingerprint density at radius 3 is 2.61 bits per heavy atom. The molecule has 116 valence electrons. The Morgan fingerprint density at radius 2 is 1.96 bits per heavy atom. The van der Waals surface area contributed by atoms with Crippen LogP contribution in [-0.2, 0) is 9.53 Å². The van der Waals surface area contributed by atoms with E-state index in [1.54, 1.807) is 6.08 Å². The molecule has 2 heterocycles. The second-order valence-corrected chi connectivity index (χ2v) is 5.25. The highest BCUT2D eigenvalue weighted by Gasteiger charge is 2.24. The first-order valence-corrected chi connectivity index (χ1v) is 6.91. The molecule has 6 nitrogen and oxygen atoms in total. The molecule has 6 heteroatoms. The minimum atomic E-state index is -0.633. The molecule has 1 aromatic carbocycles. The third-order valence-electron chi connectivity index (χ3n) is 3.46. The zero-order valence-electron chi connectivity index (χ0n) is 12.5. The summed E-state index contributed by atoms with van der Waals surface area (Å²) < 4.78 is 10.3. The SMILES string of the molecule is Cc1ccc(C2=CC(=Cc3ccc([N+](=O)[O-])o3)C(=O)O2)c(C)c1. The summed E-state index contributed by atoms with van der Waals surface area (Å²) in [5.41, 5.74) is 3.23. The van der Waals surface area contributed by atoms with Gasteiger partial charge < -0.3 is 9.15 Å². The number of aryl methyl sites for hydroxylation is 2. The molecule has 1 aliphatic rings. The molecule has 1 aliphatic heterocycles. The van der Waals surface area contributed by atoms with Gasteiger partial charge in [-0.2, -0.15) is 0 Å². The molecule has 0 saturated carbocycles. The molecular formula is C17H13NO5. The van der Waals surface area contributed by atoms with E-state index in [0.717, 1.165) is 16.7 Å². The lowest BCUT2D eigenvalue weighted by Crippen LogP contribution is -1.98. The van der Waals surface area contributed by atoms with E-state index >= 15 is 0 Å². The van der Waals surface area contributed by atoms with Crippen LogP contribution < -0.4 is 0 Å². The largest absolute Gasteiger partial charge is 0.433 e. The molecule has 0 bridgehead atoms. The maximum Gasteiger partial charge on any atom is 0.433 e. The smallest absolute Gasteiger partial charge is 0.422 e. The van der Waals surface area contributed by atoms with Crippen molar-refractivity contribution in [1.82, 2.24) is 0 Å². The van der Waals surface area contributed by atoms with Crippen LogP contribution in [0.25, 0.3) is 11.8 Å². The van der Waals surface area contributed by atoms with Crippen molar-refractivity contribution in [2.45, 2.75) is 13.8 Å². The van der Waals surface area contributed by atoms with Crippen LogP contribution in [0.1, 0.15) is 22.5 Å². The minimum Gasteiger partial charge on any atom is -0.422 e. The number of benzene rings is 1. The number of hydrogen-bond donors (Lipinski definition) is 0. The van der Waals surface area contributed by atoms with Crippen LogP contribution in [0.15, 0.2) is 46.4 Å². The van der Waals surface area contributed by atoms with Gasteiger partial charge >= 0.3 is 11.9 Å². The Balaban J connectivity index is 1.94. The van der Waals surface area contributed by atoms with Crippen molar-refractivity contribution in [2.24, 2.45) is 0 Å². The molecule has 2 aromatic rings. The Bertz CT molecular complexity index is 873. The van der Waals surface area contributed by atoms with Crippen molar-refractivity contribution >= 4 is 23.7 Å². The second kappa shape index (κ2) is 5.57. The van der Waals surface area contributed by atoms with Gasteiger partial charge in [0.15, 0.2) is 0 Å². The Kier molecular flexibility index (Phi) is 3.57. The lowest BCUT2D eigenvalue weighted by atomic mass is 10.0. The Labute approximate surface area is 131 Å². The number of carbonyl (C=O) groups is 1. The van der Waals surface area contributed by atoms with Gasteiger partial charge in [-0.05, 0) is 37.6 Å². The molecule has 0 unspecified atom stereocenters. The van der Waals surface area contributed by atoms with Gasteiger partial charge in [0, 0.05) is 5.56 Å². The van der Waals surface area contributed by atoms with E-state index in [4.69, 9.17) is 9.15 Å². The summed E-state index contributed by atoms with van der Waals surface area (Å²) in [4.78, 5) is 21.9. The number of nitro groups is 1. The van der Waals surface area contributed by atoms with E-state index in [9.17, 15) is 14.9 Å². The van der Waals surface area contributed by atoms with E-state index in [1.807, 2.05) is 32.0 Å². The average molecular weight is 311 g/mol. The summed E-state index contributed by atoms with van der Waals surface area (Å²) in [5.74, 6) is -0.206. The normalized spacial score (nSPS) is 15.7. The van der Waals surface area contributed by atoms with Crippen LogP contribution in [0, 0.1) is 24.0 Å². The van der Waals surface area contributed by atoms with Crippen LogP contribution >= 0.6 is 0 Å². The molecule has 3 rings (SSSR count). The molecule has 0 radical (unpaired) electrons. The molecule has 0 aliphatic carbocycles. The Hall–Kier alpha value is -3.15. The number of carbonyl (C=O) groups excluding carboxylic acids is 1. The summed E-state index contributed by atoms with van der Waals surface area (Å²) in [7, 11) is 0. The summed E-state index contributed by atoms with van der Waals surface area (Å²) in [6.45, 7) is 3.93. The zero-order valence-corrected chi connectivity index (χ0v) is 12.5. The van der Waals surface area contributed by atoms with Crippen LogP contribution in [0.5, 0.6) is 0 Å². The summed E-state index contributed by atoms with van der Waals surface area (Å²) >= 11 is 0. The van der Waals surface area contributed by atoms with Gasteiger partial charge in [0.2, 0.25) is 0 Å². The van der Waals surface area contributed by atoms with Crippen LogP contribution in [0.4, 0.5) is 5.88 Å². The fraction of sp³-hybridized carbons (Fsp3) is 0.118. The topological polar surface area (TPSA) is 82.6 Å². The first kappa shape index (κ1) is 14.8. The van der Waals surface area contributed by atoms with Crippen LogP contribution in [0.3, 0.4) is 0 Å². The monoisotopic (exact) mass is 311 g/mol. The van der Waals surface area contributed by atoms with Gasteiger partial charge in [-0.25, -0.2) is 4.79 Å². The first-order chi connectivity index (χ1) is 10.9. The highest BCUT2D eigenvalue weighted by molar-refractivity contribution is 6.05. The molecular weight excluding hydrogens is 298 g/mol. The van der Waals surface area contributed by atoms with E-state index < -0.39 is 10.9 Å². The van der Waals surface area contributed by atoms with E-state index in [-0.39, 0.29) is 17.2 Å². The van der Waals surface area contributed by atoms with Crippen molar-refractivity contribution in [2.75, 3.05) is 0 Å². The second-order valence-electron chi connectivity index (χ2n) is 5.25. The molecule has 0 amide bonds. The van der Waals surface area contributed by atoms with Gasteiger partial charge in [-0.15, -0.1) is 0 Å². The van der Waals surface area contributed by atoms with Gasteiger partial charge in [-0.3, -0.25) is 10.1 Å². The molecule has 0 atom stereocenters. The van der Waals surface area contributed by atoms with E-state index in [0.29, 0.717) is 5.76 Å². The molecule has 23 heavy (non-hydrogen) atoms. The minimum absolute atomic E-state index is 0.224.